The van der Waals surface area contributed by atoms with Crippen molar-refractivity contribution in [3.05, 3.63) is 48.5 Å². The third-order valence-electron chi connectivity index (χ3n) is 9.75. The molecule has 2 aliphatic rings. The van der Waals surface area contributed by atoms with E-state index in [0.29, 0.717) is 30.3 Å². The molecular weight excluding hydrogens is 676 g/mol. The quantitative estimate of drug-likeness (QED) is 0.102. The molecular formula is C34H47BrN8O3Si. The van der Waals surface area contributed by atoms with Gasteiger partial charge in [-0.15, -0.1) is 0 Å². The predicted octanol–water partition coefficient (Wildman–Crippen LogP) is 6.05. The summed E-state index contributed by atoms with van der Waals surface area (Å²) in [5.74, 6) is -0.580. The maximum atomic E-state index is 13.9. The number of hydrogen-bond donors (Lipinski definition) is 1. The van der Waals surface area contributed by atoms with Crippen LogP contribution >= 0.6 is 15.9 Å². The molecule has 13 heteroatoms. The molecule has 0 bridgehead atoms. The molecule has 1 aromatic carbocycles. The highest BCUT2D eigenvalue weighted by atomic mass is 79.9. The van der Waals surface area contributed by atoms with E-state index in [1.807, 2.05) is 0 Å². The van der Waals surface area contributed by atoms with E-state index in [1.54, 1.807) is 28.2 Å². The third kappa shape index (κ3) is 7.18. The Morgan fingerprint density at radius 2 is 1.91 bits per heavy atom. The van der Waals surface area contributed by atoms with Crippen molar-refractivity contribution < 1.29 is 14.3 Å². The van der Waals surface area contributed by atoms with Gasteiger partial charge in [0, 0.05) is 63.4 Å². The Morgan fingerprint density at radius 3 is 2.68 bits per heavy atom. The zero-order valence-electron chi connectivity index (χ0n) is 28.4. The monoisotopic (exact) mass is 722 g/mol. The molecule has 4 atom stereocenters. The number of carbonyl (C=O) groups is 2. The lowest BCUT2D eigenvalue weighted by Gasteiger charge is -2.41. The Hall–Kier alpha value is -3.13. The number of aromatic nitrogens is 5. The lowest BCUT2D eigenvalue weighted by molar-refractivity contribution is -0.146. The number of alkyl halides is 1. The molecule has 11 nitrogen and oxygen atoms in total. The summed E-state index contributed by atoms with van der Waals surface area (Å²) < 4.78 is 9.48. The number of benzene rings is 1. The van der Waals surface area contributed by atoms with Crippen LogP contribution in [0.3, 0.4) is 0 Å². The largest absolute Gasteiger partial charge is 0.360 e. The molecule has 1 unspecified atom stereocenters. The minimum Gasteiger partial charge on any atom is -0.360 e. The van der Waals surface area contributed by atoms with Gasteiger partial charge in [-0.2, -0.15) is 10.2 Å². The van der Waals surface area contributed by atoms with Gasteiger partial charge in [0.25, 0.3) is 0 Å². The molecule has 0 radical (unpaired) electrons. The average Bonchev–Trinajstić information content (AvgIpc) is 3.65. The number of carbonyl (C=O) groups excluding carboxylic acids is 2. The van der Waals surface area contributed by atoms with E-state index in [0.717, 1.165) is 60.2 Å². The van der Waals surface area contributed by atoms with Crippen molar-refractivity contribution in [2.45, 2.75) is 76.0 Å². The highest BCUT2D eigenvalue weighted by Crippen LogP contribution is 2.41. The van der Waals surface area contributed by atoms with Gasteiger partial charge >= 0.3 is 11.8 Å². The highest BCUT2D eigenvalue weighted by Gasteiger charge is 2.40. The first-order valence-electron chi connectivity index (χ1n) is 16.7. The first-order valence-corrected chi connectivity index (χ1v) is 21.2. The Balaban J connectivity index is 1.21. The molecule has 252 valence electrons. The van der Waals surface area contributed by atoms with Crippen molar-refractivity contribution in [1.82, 2.24) is 34.3 Å². The summed E-state index contributed by atoms with van der Waals surface area (Å²) in [6.45, 7) is 14.7. The van der Waals surface area contributed by atoms with Crippen LogP contribution < -0.4 is 5.32 Å². The Morgan fingerprint density at radius 1 is 1.11 bits per heavy atom. The van der Waals surface area contributed by atoms with Crippen LogP contribution in [-0.4, -0.2) is 87.5 Å². The van der Waals surface area contributed by atoms with Crippen molar-refractivity contribution in [3.8, 4) is 0 Å². The molecule has 6 rings (SSSR count). The van der Waals surface area contributed by atoms with Gasteiger partial charge in [0.05, 0.1) is 35.2 Å². The standard InChI is InChI=1S/C34H47BrN8O3Si/c1-23-7-10-30(25-8-9-26-21-43(39-28(26)15-25)34(35)11-12-40(3)20-24(34)2)41(19-23)33(45)32(44)38-29-18-36-16-27-17-37-42(31(27)29)22-46-13-14-47(4,5)6/h8-9,15-18,21,23-24,30H,7,10-14,19-20,22H2,1-6H3,(H,38,44)/t23-,24+,30+,34?/m0/s1. The van der Waals surface area contributed by atoms with E-state index < -0.39 is 19.9 Å². The fourth-order valence-electron chi connectivity index (χ4n) is 6.85. The van der Waals surface area contributed by atoms with Crippen LogP contribution in [0.4, 0.5) is 5.69 Å². The molecule has 2 amide bonds. The molecule has 2 saturated heterocycles. The number of likely N-dealkylation sites (tertiary alicyclic amines) is 2. The van der Waals surface area contributed by atoms with Gasteiger partial charge in [-0.3, -0.25) is 19.3 Å². The van der Waals surface area contributed by atoms with Crippen LogP contribution in [0.2, 0.25) is 25.7 Å². The van der Waals surface area contributed by atoms with E-state index in [4.69, 9.17) is 9.84 Å². The fraction of sp³-hybridized carbons (Fsp3) is 0.559. The molecule has 1 N–H and O–H groups in total. The topological polar surface area (TPSA) is 110 Å². The molecule has 3 aromatic heterocycles. The third-order valence-corrected chi connectivity index (χ3v) is 13.0. The lowest BCUT2D eigenvalue weighted by Crippen LogP contribution is -2.47. The second-order valence-electron chi connectivity index (χ2n) is 14.9. The number of ether oxygens (including phenoxy) is 1. The van der Waals surface area contributed by atoms with Gasteiger partial charge in [0.2, 0.25) is 0 Å². The summed E-state index contributed by atoms with van der Waals surface area (Å²) in [6, 6.07) is 7.08. The number of fused-ring (bicyclic) bond motifs is 2. The van der Waals surface area contributed by atoms with E-state index >= 15 is 0 Å². The first-order chi connectivity index (χ1) is 22.3. The van der Waals surface area contributed by atoms with Gasteiger partial charge in [-0.1, -0.05) is 61.6 Å². The second kappa shape index (κ2) is 13.4. The summed E-state index contributed by atoms with van der Waals surface area (Å²) in [7, 11) is 0.929. The van der Waals surface area contributed by atoms with Crippen LogP contribution in [0, 0.1) is 11.8 Å². The Kier molecular flexibility index (Phi) is 9.63. The predicted molar refractivity (Wildman–Crippen MR) is 191 cm³/mol. The van der Waals surface area contributed by atoms with Gasteiger partial charge in [0.1, 0.15) is 11.2 Å². The number of piperidine rings is 2. The normalized spacial score (nSPS) is 24.2. The van der Waals surface area contributed by atoms with Gasteiger partial charge in [-0.05, 0) is 49.9 Å². The molecule has 0 aliphatic carbocycles. The highest BCUT2D eigenvalue weighted by molar-refractivity contribution is 9.09. The fourth-order valence-corrected chi connectivity index (χ4v) is 8.12. The number of amides is 2. The molecule has 0 spiro atoms. The maximum absolute atomic E-state index is 13.9. The van der Waals surface area contributed by atoms with E-state index in [9.17, 15) is 9.59 Å². The number of anilines is 1. The SMILES string of the molecule is C[C@H]1CC[C@H](c2ccc3cn(C4(Br)CCN(C)C[C@H]4C)nc3c2)N(C(=O)C(=O)Nc2cncc3cnn(COCC[Si](C)(C)C)c23)C1. The minimum atomic E-state index is -1.23. The van der Waals surface area contributed by atoms with Gasteiger partial charge in [0.15, 0.2) is 0 Å². The summed E-state index contributed by atoms with van der Waals surface area (Å²) >= 11 is 4.05. The average molecular weight is 724 g/mol. The van der Waals surface area contributed by atoms with Crippen LogP contribution in [0.15, 0.2) is 43.0 Å². The molecule has 0 saturated carbocycles. The van der Waals surface area contributed by atoms with E-state index in [2.05, 4.69) is 106 Å². The number of nitrogens with one attached hydrogen (secondary N) is 1. The zero-order valence-corrected chi connectivity index (χ0v) is 31.0. The van der Waals surface area contributed by atoms with Crippen LogP contribution in [0.5, 0.6) is 0 Å². The summed E-state index contributed by atoms with van der Waals surface area (Å²) in [4.78, 5) is 35.9. The van der Waals surface area contributed by atoms with E-state index in [-0.39, 0.29) is 23.1 Å². The van der Waals surface area contributed by atoms with Crippen molar-refractivity contribution in [2.24, 2.45) is 11.8 Å². The van der Waals surface area contributed by atoms with Crippen molar-refractivity contribution in [1.29, 1.82) is 0 Å². The number of nitrogens with zero attached hydrogens (tertiary/aromatic N) is 7. The summed E-state index contributed by atoms with van der Waals surface area (Å²) in [5.41, 5.74) is 3.00. The number of pyridine rings is 1. The summed E-state index contributed by atoms with van der Waals surface area (Å²) in [5, 5.41) is 14.2. The van der Waals surface area contributed by atoms with Crippen LogP contribution in [0.1, 0.15) is 44.7 Å². The molecule has 4 aromatic rings. The molecule has 47 heavy (non-hydrogen) atoms. The lowest BCUT2D eigenvalue weighted by atomic mass is 9.89. The molecule has 2 fully saturated rings. The molecule has 2 aliphatic heterocycles. The zero-order chi connectivity index (χ0) is 33.5. The van der Waals surface area contributed by atoms with Crippen molar-refractivity contribution >= 4 is 63.3 Å². The number of rotatable bonds is 8. The summed E-state index contributed by atoms with van der Waals surface area (Å²) in [6.07, 6.45) is 9.78. The molecule has 5 heterocycles. The number of halogens is 1. The van der Waals surface area contributed by atoms with Crippen molar-refractivity contribution in [3.63, 3.8) is 0 Å². The van der Waals surface area contributed by atoms with Gasteiger partial charge in [-0.25, -0.2) is 4.68 Å². The Labute approximate surface area is 286 Å². The number of hydrogen-bond acceptors (Lipinski definition) is 7. The first kappa shape index (κ1) is 33.8. The van der Waals surface area contributed by atoms with Crippen LogP contribution in [0.25, 0.3) is 21.8 Å². The van der Waals surface area contributed by atoms with Gasteiger partial charge < -0.3 is 19.9 Å². The van der Waals surface area contributed by atoms with E-state index in [1.165, 1.54) is 0 Å². The van der Waals surface area contributed by atoms with Crippen LogP contribution in [-0.2, 0) is 25.5 Å². The van der Waals surface area contributed by atoms with Crippen molar-refractivity contribution in [2.75, 3.05) is 38.6 Å². The second-order valence-corrected chi connectivity index (χ2v) is 21.8. The smallest absolute Gasteiger partial charge is 0.314 e. The maximum Gasteiger partial charge on any atom is 0.314 e. The Bertz CT molecular complexity index is 1770. The minimum absolute atomic E-state index is 0.224.